The summed E-state index contributed by atoms with van der Waals surface area (Å²) in [4.78, 5) is 4.13. The van der Waals surface area contributed by atoms with Crippen LogP contribution in [-0.2, 0) is 0 Å². The van der Waals surface area contributed by atoms with Crippen molar-refractivity contribution in [2.75, 3.05) is 0 Å². The average molecular weight is 252 g/mol. The van der Waals surface area contributed by atoms with Crippen LogP contribution in [0.25, 0.3) is 10.9 Å². The lowest BCUT2D eigenvalue weighted by Gasteiger charge is -2.10. The van der Waals surface area contributed by atoms with Gasteiger partial charge in [-0.25, -0.2) is 0 Å². The molecule has 0 radical (unpaired) electrons. The van der Waals surface area contributed by atoms with Crippen LogP contribution < -0.4 is 4.74 Å². The van der Waals surface area contributed by atoms with Crippen LogP contribution in [0.2, 0.25) is 0 Å². The molecule has 3 nitrogen and oxygen atoms in total. The number of ether oxygens (including phenoxy) is 1. The molecule has 1 heterocycles. The number of fused-ring (bicyclic) bond motifs is 1. The quantitative estimate of drug-likeness (QED) is 0.782. The molecule has 6 heteroatoms. The van der Waals surface area contributed by atoms with Crippen molar-refractivity contribution in [1.29, 1.82) is 5.26 Å². The Morgan fingerprint density at radius 1 is 1.28 bits per heavy atom. The predicted molar refractivity (Wildman–Crippen MR) is 57.9 cm³/mol. The topological polar surface area (TPSA) is 45.9 Å². The normalized spacial score (nSPS) is 11.3. The molecule has 92 valence electrons. The number of pyridine rings is 1. The zero-order chi connectivity index (χ0) is 13.3. The smallest absolute Gasteiger partial charge is 0.406 e. The van der Waals surface area contributed by atoms with Crippen molar-refractivity contribution in [3.63, 3.8) is 0 Å². The minimum Gasteiger partial charge on any atom is -0.406 e. The molecule has 0 spiro atoms. The maximum Gasteiger partial charge on any atom is 0.573 e. The van der Waals surface area contributed by atoms with Crippen LogP contribution in [-0.4, -0.2) is 11.3 Å². The van der Waals surface area contributed by atoms with E-state index in [-0.39, 0.29) is 11.3 Å². The Hall–Kier alpha value is -2.29. The fourth-order valence-corrected chi connectivity index (χ4v) is 1.63. The number of alkyl halides is 3. The number of hydrogen-bond acceptors (Lipinski definition) is 3. The fourth-order valence-electron chi connectivity index (χ4n) is 1.63. The lowest BCUT2D eigenvalue weighted by atomic mass is 10.1. The van der Waals surface area contributed by atoms with Gasteiger partial charge in [0.1, 0.15) is 5.75 Å². The third-order valence-corrected chi connectivity index (χ3v) is 2.26. The maximum absolute atomic E-state index is 12.1. The highest BCUT2D eigenvalue weighted by atomic mass is 19.4. The summed E-state index contributed by atoms with van der Waals surface area (Å²) in [7, 11) is 0. The first-order chi connectivity index (χ1) is 8.39. The van der Waals surface area contributed by atoms with Crippen LogP contribution in [0.1, 0.15) is 11.3 Å². The first kappa shape index (κ1) is 12.2. The van der Waals surface area contributed by atoms with Crippen LogP contribution in [0.4, 0.5) is 13.2 Å². The number of nitrogens with zero attached hydrogens (tertiary/aromatic N) is 2. The van der Waals surface area contributed by atoms with Gasteiger partial charge >= 0.3 is 6.36 Å². The molecule has 1 aromatic carbocycles. The van der Waals surface area contributed by atoms with E-state index in [2.05, 4.69) is 9.72 Å². The van der Waals surface area contributed by atoms with Gasteiger partial charge in [0.15, 0.2) is 0 Å². The predicted octanol–water partition coefficient (Wildman–Crippen LogP) is 3.31. The minimum absolute atomic E-state index is 0.269. The second-order valence-electron chi connectivity index (χ2n) is 3.65. The van der Waals surface area contributed by atoms with Crippen LogP contribution in [0.3, 0.4) is 0 Å². The van der Waals surface area contributed by atoms with Gasteiger partial charge in [-0.3, -0.25) is 4.98 Å². The number of hydrogen-bond donors (Lipinski definition) is 0. The lowest BCUT2D eigenvalue weighted by Crippen LogP contribution is -2.17. The van der Waals surface area contributed by atoms with E-state index in [1.807, 2.05) is 6.07 Å². The van der Waals surface area contributed by atoms with E-state index < -0.39 is 6.36 Å². The Kier molecular flexibility index (Phi) is 2.83. The number of nitriles is 1. The highest BCUT2D eigenvalue weighted by Crippen LogP contribution is 2.27. The molecule has 0 atom stereocenters. The van der Waals surface area contributed by atoms with Gasteiger partial charge in [0.2, 0.25) is 0 Å². The molecule has 0 aliphatic heterocycles. The van der Waals surface area contributed by atoms with Gasteiger partial charge in [0, 0.05) is 11.1 Å². The molecule has 0 saturated carbocycles. The number of aromatic nitrogens is 1. The molecule has 0 aliphatic rings. The van der Waals surface area contributed by atoms with Gasteiger partial charge in [0.25, 0.3) is 0 Å². The van der Waals surface area contributed by atoms with Gasteiger partial charge in [-0.1, -0.05) is 0 Å². The van der Waals surface area contributed by atoms with Crippen molar-refractivity contribution in [3.8, 4) is 11.8 Å². The molecule has 0 saturated heterocycles. The van der Waals surface area contributed by atoms with E-state index in [1.165, 1.54) is 18.2 Å². The van der Waals surface area contributed by atoms with Crippen molar-refractivity contribution in [1.82, 2.24) is 4.98 Å². The van der Waals surface area contributed by atoms with Gasteiger partial charge in [-0.05, 0) is 31.2 Å². The van der Waals surface area contributed by atoms with Crippen LogP contribution in [0.15, 0.2) is 24.3 Å². The average Bonchev–Trinajstić information content (AvgIpc) is 2.26. The Labute approximate surface area is 100 Å². The van der Waals surface area contributed by atoms with Crippen molar-refractivity contribution in [2.24, 2.45) is 0 Å². The standard InChI is InChI=1S/C12H7F3N2O/c1-7-4-8(6-16)10-5-9(18-12(13,14)15)2-3-11(10)17-7/h2-5H,1H3. The van der Waals surface area contributed by atoms with E-state index in [0.29, 0.717) is 16.6 Å². The summed E-state index contributed by atoms with van der Waals surface area (Å²) >= 11 is 0. The van der Waals surface area contributed by atoms with E-state index in [0.717, 1.165) is 6.07 Å². The summed E-state index contributed by atoms with van der Waals surface area (Å²) in [6.45, 7) is 1.71. The number of aryl methyl sites for hydroxylation is 1. The molecule has 0 unspecified atom stereocenters. The zero-order valence-corrected chi connectivity index (χ0v) is 9.25. The van der Waals surface area contributed by atoms with Crippen molar-refractivity contribution < 1.29 is 17.9 Å². The summed E-state index contributed by atoms with van der Waals surface area (Å²) in [5.74, 6) is -0.364. The molecule has 1 aromatic heterocycles. The minimum atomic E-state index is -4.75. The number of benzene rings is 1. The summed E-state index contributed by atoms with van der Waals surface area (Å²) in [6.07, 6.45) is -4.75. The van der Waals surface area contributed by atoms with E-state index in [9.17, 15) is 13.2 Å². The Bertz CT molecular complexity index is 644. The van der Waals surface area contributed by atoms with E-state index >= 15 is 0 Å². The van der Waals surface area contributed by atoms with E-state index in [1.54, 1.807) is 6.92 Å². The van der Waals surface area contributed by atoms with Crippen molar-refractivity contribution >= 4 is 10.9 Å². The summed E-state index contributed by atoms with van der Waals surface area (Å²) < 4.78 is 40.1. The van der Waals surface area contributed by atoms with Gasteiger partial charge < -0.3 is 4.74 Å². The lowest BCUT2D eigenvalue weighted by molar-refractivity contribution is -0.274. The van der Waals surface area contributed by atoms with Crippen LogP contribution in [0.5, 0.6) is 5.75 Å². The van der Waals surface area contributed by atoms with Crippen LogP contribution >= 0.6 is 0 Å². The second-order valence-corrected chi connectivity index (χ2v) is 3.65. The first-order valence-electron chi connectivity index (χ1n) is 4.96. The second kappa shape index (κ2) is 4.18. The molecule has 2 aromatic rings. The SMILES string of the molecule is Cc1cc(C#N)c2cc(OC(F)(F)F)ccc2n1. The monoisotopic (exact) mass is 252 g/mol. The third kappa shape index (κ3) is 2.51. The van der Waals surface area contributed by atoms with Crippen molar-refractivity contribution in [2.45, 2.75) is 13.3 Å². The highest BCUT2D eigenvalue weighted by Gasteiger charge is 2.31. The molecule has 0 N–H and O–H groups in total. The highest BCUT2D eigenvalue weighted by molar-refractivity contribution is 5.86. The molecule has 2 rings (SSSR count). The van der Waals surface area contributed by atoms with Gasteiger partial charge in [0.05, 0.1) is 17.1 Å². The molecule has 0 bridgehead atoms. The van der Waals surface area contributed by atoms with Crippen molar-refractivity contribution in [3.05, 3.63) is 35.5 Å². The molecule has 18 heavy (non-hydrogen) atoms. The van der Waals surface area contributed by atoms with Gasteiger partial charge in [-0.15, -0.1) is 13.2 Å². The summed E-state index contributed by atoms with van der Waals surface area (Å²) in [5, 5.41) is 9.28. The Balaban J connectivity index is 2.58. The molecule has 0 aliphatic carbocycles. The first-order valence-corrected chi connectivity index (χ1v) is 4.96. The molecule has 0 amide bonds. The fraction of sp³-hybridized carbons (Fsp3) is 0.167. The molecular weight excluding hydrogens is 245 g/mol. The Morgan fingerprint density at radius 2 is 2.00 bits per heavy atom. The largest absolute Gasteiger partial charge is 0.573 e. The van der Waals surface area contributed by atoms with Gasteiger partial charge in [-0.2, -0.15) is 5.26 Å². The number of rotatable bonds is 1. The van der Waals surface area contributed by atoms with Crippen LogP contribution in [0, 0.1) is 18.3 Å². The van der Waals surface area contributed by atoms with E-state index in [4.69, 9.17) is 5.26 Å². The molecular formula is C12H7F3N2O. The Morgan fingerprint density at radius 3 is 2.61 bits per heavy atom. The third-order valence-electron chi connectivity index (χ3n) is 2.26. The number of halogens is 3. The summed E-state index contributed by atoms with van der Waals surface area (Å²) in [6, 6.07) is 7.16. The maximum atomic E-state index is 12.1. The summed E-state index contributed by atoms with van der Waals surface area (Å²) in [5.41, 5.74) is 1.36. The molecule has 0 fully saturated rings. The zero-order valence-electron chi connectivity index (χ0n) is 9.25.